The number of hydrogen-bond donors (Lipinski definition) is 1. The zero-order valence-corrected chi connectivity index (χ0v) is 13.7. The van der Waals surface area contributed by atoms with Crippen LogP contribution < -0.4 is 5.32 Å². The summed E-state index contributed by atoms with van der Waals surface area (Å²) in [4.78, 5) is 14.4. The van der Waals surface area contributed by atoms with E-state index in [9.17, 15) is 4.79 Å². The fourth-order valence-corrected chi connectivity index (χ4v) is 3.64. The maximum Gasteiger partial charge on any atom is 0.325 e. The molecule has 1 saturated heterocycles. The van der Waals surface area contributed by atoms with Gasteiger partial charge in [0.2, 0.25) is 0 Å². The maximum absolute atomic E-state index is 11.9. The van der Waals surface area contributed by atoms with Crippen molar-refractivity contribution in [1.29, 1.82) is 0 Å². The predicted octanol–water partition coefficient (Wildman–Crippen LogP) is 1.56. The smallest absolute Gasteiger partial charge is 0.325 e. The van der Waals surface area contributed by atoms with Gasteiger partial charge in [-0.05, 0) is 46.2 Å². The van der Waals surface area contributed by atoms with Crippen molar-refractivity contribution >= 4 is 5.97 Å². The zero-order chi connectivity index (χ0) is 15.3. The molecule has 1 saturated carbocycles. The molecular weight excluding hydrogens is 268 g/mol. The number of fused-ring (bicyclic) bond motifs is 1. The molecule has 0 aromatic heterocycles. The van der Waals surface area contributed by atoms with Gasteiger partial charge < -0.3 is 14.8 Å². The first-order chi connectivity index (χ1) is 10.1. The van der Waals surface area contributed by atoms with Gasteiger partial charge in [0.15, 0.2) is 0 Å². The zero-order valence-electron chi connectivity index (χ0n) is 13.7. The predicted molar refractivity (Wildman–Crippen MR) is 82.3 cm³/mol. The molecule has 0 aromatic rings. The lowest BCUT2D eigenvalue weighted by molar-refractivity contribution is -0.148. The number of likely N-dealkylation sites (N-methyl/N-ethyl adjacent to an activating group) is 1. The second-order valence-electron chi connectivity index (χ2n) is 6.47. The second kappa shape index (κ2) is 7.56. The highest BCUT2D eigenvalue weighted by Gasteiger charge is 2.35. The minimum Gasteiger partial charge on any atom is -0.468 e. The van der Waals surface area contributed by atoms with Gasteiger partial charge in [0.05, 0.1) is 19.8 Å². The second-order valence-corrected chi connectivity index (χ2v) is 6.47. The SMILES string of the molecule is CNC(C)(CCCN1CCOC2CCCCC21)C(=O)OC. The Balaban J connectivity index is 1.83. The van der Waals surface area contributed by atoms with E-state index in [2.05, 4.69) is 10.2 Å². The van der Waals surface area contributed by atoms with Gasteiger partial charge in [-0.25, -0.2) is 0 Å². The topological polar surface area (TPSA) is 50.8 Å². The Hall–Kier alpha value is -0.650. The van der Waals surface area contributed by atoms with E-state index in [1.807, 2.05) is 14.0 Å². The number of nitrogens with one attached hydrogen (secondary N) is 1. The number of ether oxygens (including phenoxy) is 2. The summed E-state index contributed by atoms with van der Waals surface area (Å²) in [5.74, 6) is -0.178. The molecule has 2 rings (SSSR count). The minimum atomic E-state index is -0.576. The molecule has 5 nitrogen and oxygen atoms in total. The van der Waals surface area contributed by atoms with Crippen LogP contribution in [0.3, 0.4) is 0 Å². The number of hydrogen-bond acceptors (Lipinski definition) is 5. The number of carbonyl (C=O) groups excluding carboxylic acids is 1. The lowest BCUT2D eigenvalue weighted by Crippen LogP contribution is -2.53. The summed E-state index contributed by atoms with van der Waals surface area (Å²) in [5.41, 5.74) is -0.576. The minimum absolute atomic E-state index is 0.178. The van der Waals surface area contributed by atoms with Crippen molar-refractivity contribution in [2.75, 3.05) is 33.9 Å². The molecule has 0 radical (unpaired) electrons. The molecule has 3 unspecified atom stereocenters. The van der Waals surface area contributed by atoms with E-state index < -0.39 is 5.54 Å². The lowest BCUT2D eigenvalue weighted by Gasteiger charge is -2.44. The van der Waals surface area contributed by atoms with Gasteiger partial charge >= 0.3 is 5.97 Å². The van der Waals surface area contributed by atoms with Crippen molar-refractivity contribution < 1.29 is 14.3 Å². The van der Waals surface area contributed by atoms with Crippen molar-refractivity contribution in [3.8, 4) is 0 Å². The highest BCUT2D eigenvalue weighted by atomic mass is 16.5. The summed E-state index contributed by atoms with van der Waals surface area (Å²) in [6, 6.07) is 0.589. The van der Waals surface area contributed by atoms with Gasteiger partial charge in [-0.3, -0.25) is 9.69 Å². The molecule has 3 atom stereocenters. The molecule has 21 heavy (non-hydrogen) atoms. The van der Waals surface area contributed by atoms with E-state index in [4.69, 9.17) is 9.47 Å². The highest BCUT2D eigenvalue weighted by molar-refractivity contribution is 5.80. The van der Waals surface area contributed by atoms with E-state index in [0.29, 0.717) is 12.1 Å². The van der Waals surface area contributed by atoms with Crippen molar-refractivity contribution in [1.82, 2.24) is 10.2 Å². The van der Waals surface area contributed by atoms with Gasteiger partial charge in [-0.2, -0.15) is 0 Å². The fourth-order valence-electron chi connectivity index (χ4n) is 3.64. The first-order valence-electron chi connectivity index (χ1n) is 8.23. The Morgan fingerprint density at radius 1 is 1.43 bits per heavy atom. The Bertz CT molecular complexity index is 348. The van der Waals surface area contributed by atoms with Gasteiger partial charge in [-0.1, -0.05) is 12.8 Å². The van der Waals surface area contributed by atoms with Gasteiger partial charge in [0.1, 0.15) is 5.54 Å². The standard InChI is InChI=1S/C16H30N2O3/c1-16(17-2,15(19)20-3)9-6-10-18-11-12-21-14-8-5-4-7-13(14)18/h13-14,17H,4-12H2,1-3H3. The van der Waals surface area contributed by atoms with E-state index in [-0.39, 0.29) is 5.97 Å². The number of methoxy groups -OCH3 is 1. The van der Waals surface area contributed by atoms with Gasteiger partial charge in [0, 0.05) is 12.6 Å². The van der Waals surface area contributed by atoms with E-state index in [1.165, 1.54) is 32.8 Å². The highest BCUT2D eigenvalue weighted by Crippen LogP contribution is 2.28. The van der Waals surface area contributed by atoms with Crippen LogP contribution in [-0.4, -0.2) is 62.4 Å². The molecule has 1 heterocycles. The Morgan fingerprint density at radius 2 is 2.19 bits per heavy atom. The molecule has 0 amide bonds. The number of esters is 1. The molecular formula is C16H30N2O3. The maximum atomic E-state index is 11.9. The fraction of sp³-hybridized carbons (Fsp3) is 0.938. The molecule has 0 aromatic carbocycles. The van der Waals surface area contributed by atoms with Crippen molar-refractivity contribution in [3.05, 3.63) is 0 Å². The van der Waals surface area contributed by atoms with Crippen LogP contribution >= 0.6 is 0 Å². The van der Waals surface area contributed by atoms with E-state index >= 15 is 0 Å². The first-order valence-corrected chi connectivity index (χ1v) is 8.23. The molecule has 5 heteroatoms. The lowest BCUT2D eigenvalue weighted by atomic mass is 9.89. The molecule has 2 aliphatic rings. The molecule has 122 valence electrons. The first kappa shape index (κ1) is 16.7. The third-order valence-electron chi connectivity index (χ3n) is 5.16. The van der Waals surface area contributed by atoms with Crippen LogP contribution in [0.25, 0.3) is 0 Å². The Kier molecular flexibility index (Phi) is 6.02. The van der Waals surface area contributed by atoms with Crippen LogP contribution in [-0.2, 0) is 14.3 Å². The summed E-state index contributed by atoms with van der Waals surface area (Å²) in [7, 11) is 3.27. The monoisotopic (exact) mass is 298 g/mol. The van der Waals surface area contributed by atoms with Crippen molar-refractivity contribution in [2.45, 2.75) is 63.1 Å². The number of nitrogens with zero attached hydrogens (tertiary/aromatic N) is 1. The summed E-state index contributed by atoms with van der Waals surface area (Å²) >= 11 is 0. The summed E-state index contributed by atoms with van der Waals surface area (Å²) in [6.07, 6.45) is 7.30. The summed E-state index contributed by atoms with van der Waals surface area (Å²) < 4.78 is 10.8. The molecule has 2 fully saturated rings. The van der Waals surface area contributed by atoms with Crippen LogP contribution in [0.4, 0.5) is 0 Å². The molecule has 1 N–H and O–H groups in total. The summed E-state index contributed by atoms with van der Waals surface area (Å²) in [6.45, 7) is 4.83. The normalized spacial score (nSPS) is 29.5. The quantitative estimate of drug-likeness (QED) is 0.754. The average Bonchev–Trinajstić information content (AvgIpc) is 2.54. The van der Waals surface area contributed by atoms with Gasteiger partial charge in [0.25, 0.3) is 0 Å². The van der Waals surface area contributed by atoms with E-state index in [1.54, 1.807) is 0 Å². The van der Waals surface area contributed by atoms with Crippen LogP contribution in [0.15, 0.2) is 0 Å². The molecule has 1 aliphatic heterocycles. The van der Waals surface area contributed by atoms with Crippen LogP contribution in [0.5, 0.6) is 0 Å². The number of rotatable bonds is 6. The van der Waals surface area contributed by atoms with Crippen LogP contribution in [0, 0.1) is 0 Å². The Labute approximate surface area is 128 Å². The largest absolute Gasteiger partial charge is 0.468 e. The average molecular weight is 298 g/mol. The number of morpholine rings is 1. The van der Waals surface area contributed by atoms with Crippen molar-refractivity contribution in [2.24, 2.45) is 0 Å². The third-order valence-corrected chi connectivity index (χ3v) is 5.16. The molecule has 1 aliphatic carbocycles. The third kappa shape index (κ3) is 3.96. The van der Waals surface area contributed by atoms with Crippen LogP contribution in [0.1, 0.15) is 45.4 Å². The van der Waals surface area contributed by atoms with Crippen molar-refractivity contribution in [3.63, 3.8) is 0 Å². The van der Waals surface area contributed by atoms with E-state index in [0.717, 1.165) is 32.5 Å². The number of carbonyl (C=O) groups is 1. The molecule has 0 spiro atoms. The summed E-state index contributed by atoms with van der Waals surface area (Å²) in [5, 5.41) is 3.11. The molecule has 0 bridgehead atoms. The Morgan fingerprint density at radius 3 is 2.90 bits per heavy atom. The van der Waals surface area contributed by atoms with Crippen LogP contribution in [0.2, 0.25) is 0 Å². The van der Waals surface area contributed by atoms with Gasteiger partial charge in [-0.15, -0.1) is 0 Å².